The Bertz CT molecular complexity index is 1280. The van der Waals surface area contributed by atoms with Crippen molar-refractivity contribution in [2.45, 2.75) is 50.9 Å². The summed E-state index contributed by atoms with van der Waals surface area (Å²) >= 11 is 0. The van der Waals surface area contributed by atoms with Crippen LogP contribution in [0.4, 0.5) is 8.78 Å². The fourth-order valence-corrected chi connectivity index (χ4v) is 4.30. The molecule has 3 unspecified atom stereocenters. The average Bonchev–Trinajstić information content (AvgIpc) is 3.26. The maximum absolute atomic E-state index is 14.7. The third kappa shape index (κ3) is 5.64. The van der Waals surface area contributed by atoms with E-state index >= 15 is 0 Å². The smallest absolute Gasteiger partial charge is 0.266 e. The lowest BCUT2D eigenvalue weighted by Gasteiger charge is -2.26. The van der Waals surface area contributed by atoms with E-state index in [1.165, 1.54) is 11.1 Å². The summed E-state index contributed by atoms with van der Waals surface area (Å²) < 4.78 is 29.1. The maximum Gasteiger partial charge on any atom is 0.266 e. The van der Waals surface area contributed by atoms with Crippen LogP contribution in [0.25, 0.3) is 0 Å². The zero-order valence-corrected chi connectivity index (χ0v) is 19.9. The predicted molar refractivity (Wildman–Crippen MR) is 128 cm³/mol. The minimum Gasteiger partial charge on any atom is -0.342 e. The molecule has 1 aliphatic heterocycles. The molecule has 2 amide bonds. The van der Waals surface area contributed by atoms with Crippen LogP contribution < -0.4 is 10.9 Å². The summed E-state index contributed by atoms with van der Waals surface area (Å²) in [6, 6.07) is 10.4. The van der Waals surface area contributed by atoms with Gasteiger partial charge in [0, 0.05) is 18.2 Å². The number of halogens is 2. The van der Waals surface area contributed by atoms with Gasteiger partial charge in [0.2, 0.25) is 17.8 Å². The van der Waals surface area contributed by atoms with Gasteiger partial charge in [0.1, 0.15) is 12.2 Å². The van der Waals surface area contributed by atoms with E-state index in [2.05, 4.69) is 20.3 Å². The Hall–Kier alpha value is -3.95. The van der Waals surface area contributed by atoms with E-state index in [1.807, 2.05) is 19.9 Å². The molecule has 1 saturated heterocycles. The van der Waals surface area contributed by atoms with E-state index in [0.717, 1.165) is 6.20 Å². The first-order valence-electron chi connectivity index (χ1n) is 11.7. The second-order valence-electron chi connectivity index (χ2n) is 9.10. The van der Waals surface area contributed by atoms with Crippen molar-refractivity contribution in [1.29, 1.82) is 0 Å². The van der Waals surface area contributed by atoms with Crippen molar-refractivity contribution in [3.8, 4) is 0 Å². The molecular formula is C26H27F2N5O3. The second kappa shape index (κ2) is 10.8. The number of aromatic amines is 1. The first-order valence-corrected chi connectivity index (χ1v) is 11.7. The number of benzene rings is 1. The van der Waals surface area contributed by atoms with Gasteiger partial charge in [0.25, 0.3) is 5.56 Å². The normalized spacial score (nSPS) is 18.3. The highest BCUT2D eigenvalue weighted by atomic mass is 19.1. The minimum atomic E-state index is -1.37. The molecule has 2 N–H and O–H groups in total. The van der Waals surface area contributed by atoms with Gasteiger partial charge in [0.05, 0.1) is 36.6 Å². The van der Waals surface area contributed by atoms with Crippen molar-refractivity contribution in [3.63, 3.8) is 0 Å². The summed E-state index contributed by atoms with van der Waals surface area (Å²) in [4.78, 5) is 49.1. The molecule has 3 aromatic rings. The van der Waals surface area contributed by atoms with Crippen LogP contribution >= 0.6 is 0 Å². The number of H-pyrrole nitrogens is 1. The average molecular weight is 496 g/mol. The Morgan fingerprint density at radius 3 is 2.58 bits per heavy atom. The molecule has 0 aliphatic carbocycles. The number of rotatable bonds is 7. The number of nitrogens with zero attached hydrogens (tertiary/aromatic N) is 3. The van der Waals surface area contributed by atoms with E-state index in [4.69, 9.17) is 0 Å². The molecule has 3 atom stereocenters. The third-order valence-electron chi connectivity index (χ3n) is 6.17. The molecule has 188 valence electrons. The maximum atomic E-state index is 14.7. The lowest BCUT2D eigenvalue weighted by molar-refractivity contribution is -0.138. The monoisotopic (exact) mass is 495 g/mol. The zero-order valence-electron chi connectivity index (χ0n) is 19.9. The fourth-order valence-electron chi connectivity index (χ4n) is 4.30. The minimum absolute atomic E-state index is 0.0622. The molecule has 10 heteroatoms. The summed E-state index contributed by atoms with van der Waals surface area (Å²) in [6.45, 7) is 3.49. The van der Waals surface area contributed by atoms with Crippen molar-refractivity contribution >= 4 is 11.8 Å². The van der Waals surface area contributed by atoms with Gasteiger partial charge in [-0.1, -0.05) is 50.2 Å². The number of carbonyl (C=O) groups excluding carboxylic acids is 2. The number of carbonyl (C=O) groups is 2. The van der Waals surface area contributed by atoms with Gasteiger partial charge in [-0.05, 0) is 17.5 Å². The number of likely N-dealkylation sites (tertiary alicyclic amines) is 1. The topological polar surface area (TPSA) is 108 Å². The Labute approximate surface area is 206 Å². The summed E-state index contributed by atoms with van der Waals surface area (Å²) in [5.74, 6) is -1.74. The van der Waals surface area contributed by atoms with Crippen LogP contribution in [0, 0.1) is 5.95 Å². The standard InChI is InChI=1S/C26H27F2N5O3/c1-15(2)19-8-9-20(31-25(19)28)24(16-6-4-3-5-7-16)32-26(36)21-10-17(27)14-33(21)23(35)11-18-12-30-22(34)13-29-18/h3-9,12-13,15,17,21,24H,10-11,14H2,1-2H3,(H,30,34)(H,32,36). The molecule has 8 nitrogen and oxygen atoms in total. The molecule has 0 spiro atoms. The molecule has 2 aromatic heterocycles. The highest BCUT2D eigenvalue weighted by Gasteiger charge is 2.40. The van der Waals surface area contributed by atoms with Crippen LogP contribution in [-0.2, 0) is 16.0 Å². The number of pyridine rings is 1. The summed E-state index contributed by atoms with van der Waals surface area (Å²) in [7, 11) is 0. The molecule has 0 radical (unpaired) electrons. The largest absolute Gasteiger partial charge is 0.342 e. The van der Waals surface area contributed by atoms with Crippen LogP contribution in [0.15, 0.2) is 59.7 Å². The lowest BCUT2D eigenvalue weighted by atomic mass is 9.99. The Morgan fingerprint density at radius 1 is 1.19 bits per heavy atom. The molecule has 0 saturated carbocycles. The van der Waals surface area contributed by atoms with Crippen molar-refractivity contribution in [3.05, 3.63) is 93.7 Å². The first kappa shape index (κ1) is 25.2. The molecule has 36 heavy (non-hydrogen) atoms. The molecule has 1 aromatic carbocycles. The third-order valence-corrected chi connectivity index (χ3v) is 6.17. The zero-order chi connectivity index (χ0) is 25.8. The molecule has 4 rings (SSSR count). The Kier molecular flexibility index (Phi) is 7.52. The van der Waals surface area contributed by atoms with Gasteiger partial charge in [0.15, 0.2) is 0 Å². The SMILES string of the molecule is CC(C)c1ccc(C(NC(=O)C2CC(F)CN2C(=O)Cc2c[nH]c(=O)cn2)c2ccccc2)nc1F. The quantitative estimate of drug-likeness (QED) is 0.490. The van der Waals surface area contributed by atoms with E-state index in [0.29, 0.717) is 22.5 Å². The van der Waals surface area contributed by atoms with E-state index < -0.39 is 41.6 Å². The van der Waals surface area contributed by atoms with Gasteiger partial charge < -0.3 is 15.2 Å². The molecule has 0 bridgehead atoms. The predicted octanol–water partition coefficient (Wildman–Crippen LogP) is 2.81. The summed E-state index contributed by atoms with van der Waals surface area (Å²) in [5.41, 5.74) is 1.31. The number of nitrogens with one attached hydrogen (secondary N) is 2. The number of alkyl halides is 1. The van der Waals surface area contributed by atoms with Crippen LogP contribution in [0.3, 0.4) is 0 Å². The van der Waals surface area contributed by atoms with Crippen molar-refractivity contribution in [2.75, 3.05) is 6.54 Å². The number of hydrogen-bond donors (Lipinski definition) is 2. The van der Waals surface area contributed by atoms with Crippen LogP contribution in [0.2, 0.25) is 0 Å². The number of aromatic nitrogens is 3. The fraction of sp³-hybridized carbons (Fsp3) is 0.346. The number of hydrogen-bond acceptors (Lipinski definition) is 5. The van der Waals surface area contributed by atoms with E-state index in [1.54, 1.807) is 36.4 Å². The van der Waals surface area contributed by atoms with Crippen molar-refractivity contribution in [2.24, 2.45) is 0 Å². The van der Waals surface area contributed by atoms with Gasteiger partial charge in [-0.25, -0.2) is 9.37 Å². The highest BCUT2D eigenvalue weighted by Crippen LogP contribution is 2.27. The number of amides is 2. The van der Waals surface area contributed by atoms with Gasteiger partial charge in [-0.2, -0.15) is 4.39 Å². The molecule has 1 fully saturated rings. The summed E-state index contributed by atoms with van der Waals surface area (Å²) in [6.07, 6.45) is 0.635. The van der Waals surface area contributed by atoms with Gasteiger partial charge in [-0.15, -0.1) is 0 Å². The summed E-state index contributed by atoms with van der Waals surface area (Å²) in [5, 5.41) is 2.85. The highest BCUT2D eigenvalue weighted by molar-refractivity contribution is 5.89. The molecular weight excluding hydrogens is 468 g/mol. The first-order chi connectivity index (χ1) is 17.2. The van der Waals surface area contributed by atoms with Crippen molar-refractivity contribution < 1.29 is 18.4 Å². The van der Waals surface area contributed by atoms with Crippen molar-refractivity contribution in [1.82, 2.24) is 25.2 Å². The Morgan fingerprint density at radius 2 is 1.94 bits per heavy atom. The van der Waals surface area contributed by atoms with E-state index in [9.17, 15) is 23.2 Å². The second-order valence-corrected chi connectivity index (χ2v) is 9.10. The van der Waals surface area contributed by atoms with Crippen LogP contribution in [0.1, 0.15) is 54.7 Å². The van der Waals surface area contributed by atoms with Crippen LogP contribution in [0.5, 0.6) is 0 Å². The molecule has 3 heterocycles. The van der Waals surface area contributed by atoms with Crippen LogP contribution in [-0.4, -0.2) is 50.4 Å². The van der Waals surface area contributed by atoms with E-state index in [-0.39, 0.29) is 25.3 Å². The lowest BCUT2D eigenvalue weighted by Crippen LogP contribution is -2.47. The van der Waals surface area contributed by atoms with Gasteiger partial charge >= 0.3 is 0 Å². The molecule has 1 aliphatic rings. The Balaban J connectivity index is 1.58. The van der Waals surface area contributed by atoms with Gasteiger partial charge in [-0.3, -0.25) is 19.4 Å².